The maximum Gasteiger partial charge on any atom is 0.315 e. The van der Waals surface area contributed by atoms with Gasteiger partial charge in [-0.25, -0.2) is 4.79 Å². The molecule has 0 spiro atoms. The molecule has 0 rings (SSSR count). The third-order valence-corrected chi connectivity index (χ3v) is 2.22. The number of hydrogen-bond donors (Lipinski definition) is 3. The number of carbonyl (C=O) groups excluding carboxylic acids is 1. The van der Waals surface area contributed by atoms with Gasteiger partial charge in [0.1, 0.15) is 0 Å². The van der Waals surface area contributed by atoms with Gasteiger partial charge in [-0.1, -0.05) is 0 Å². The normalized spacial score (nSPS) is 12.4. The second-order valence-corrected chi connectivity index (χ2v) is 4.69. The lowest BCUT2D eigenvalue weighted by atomic mass is 9.99. The van der Waals surface area contributed by atoms with Crippen LogP contribution in [0.1, 0.15) is 40.0 Å². The molecule has 0 saturated carbocycles. The Kier molecular flexibility index (Phi) is 6.11. The molecule has 2 amide bonds. The molecule has 17 heavy (non-hydrogen) atoms. The molecule has 0 aromatic carbocycles. The van der Waals surface area contributed by atoms with Crippen molar-refractivity contribution < 1.29 is 14.7 Å². The quantitative estimate of drug-likeness (QED) is 0.613. The Hall–Kier alpha value is -1.70. The van der Waals surface area contributed by atoms with Gasteiger partial charge in [-0.15, -0.1) is 12.3 Å². The van der Waals surface area contributed by atoms with Crippen LogP contribution in [0.4, 0.5) is 4.79 Å². The first-order chi connectivity index (χ1) is 7.76. The zero-order chi connectivity index (χ0) is 13.5. The molecule has 5 heteroatoms. The number of nitrogens with one attached hydrogen (secondary N) is 2. The van der Waals surface area contributed by atoms with Crippen LogP contribution in [0.25, 0.3) is 0 Å². The molecule has 0 heterocycles. The second kappa shape index (κ2) is 6.79. The fourth-order valence-electron chi connectivity index (χ4n) is 1.28. The molecule has 0 aliphatic carbocycles. The van der Waals surface area contributed by atoms with E-state index in [0.717, 1.165) is 0 Å². The third kappa shape index (κ3) is 8.14. The first-order valence-corrected chi connectivity index (χ1v) is 5.51. The summed E-state index contributed by atoms with van der Waals surface area (Å²) >= 11 is 0. The summed E-state index contributed by atoms with van der Waals surface area (Å²) in [6.07, 6.45) is 5.98. The molecular weight excluding hydrogens is 220 g/mol. The summed E-state index contributed by atoms with van der Waals surface area (Å²) in [5.74, 6) is 1.58. The van der Waals surface area contributed by atoms with E-state index in [9.17, 15) is 9.59 Å². The predicted octanol–water partition coefficient (Wildman–Crippen LogP) is 1.34. The molecular formula is C12H20N2O3. The number of rotatable bonds is 6. The summed E-state index contributed by atoms with van der Waals surface area (Å²) in [4.78, 5) is 22.0. The van der Waals surface area contributed by atoms with Gasteiger partial charge in [-0.2, -0.15) is 0 Å². The number of aliphatic carboxylic acids is 1. The van der Waals surface area contributed by atoms with Crippen LogP contribution in [0.15, 0.2) is 0 Å². The topological polar surface area (TPSA) is 78.4 Å². The Labute approximate surface area is 102 Å². The van der Waals surface area contributed by atoms with E-state index in [1.165, 1.54) is 0 Å². The second-order valence-electron chi connectivity index (χ2n) is 4.69. The third-order valence-electron chi connectivity index (χ3n) is 2.22. The van der Waals surface area contributed by atoms with E-state index in [4.69, 9.17) is 11.5 Å². The standard InChI is InChI=1S/C12H20N2O3/c1-5-6-9(2)13-11(17)14-12(3,4)8-7-10(15)16/h1,9H,6-8H2,2-4H3,(H,15,16)(H2,13,14,17). The molecule has 0 bridgehead atoms. The molecule has 5 nitrogen and oxygen atoms in total. The number of carbonyl (C=O) groups is 2. The van der Waals surface area contributed by atoms with E-state index in [0.29, 0.717) is 12.8 Å². The van der Waals surface area contributed by atoms with E-state index in [1.807, 2.05) is 6.92 Å². The van der Waals surface area contributed by atoms with E-state index in [-0.39, 0.29) is 18.5 Å². The highest BCUT2D eigenvalue weighted by Gasteiger charge is 2.21. The Morgan fingerprint density at radius 3 is 2.53 bits per heavy atom. The van der Waals surface area contributed by atoms with Crippen LogP contribution >= 0.6 is 0 Å². The molecule has 96 valence electrons. The highest BCUT2D eigenvalue weighted by molar-refractivity contribution is 5.75. The minimum absolute atomic E-state index is 0.0210. The summed E-state index contributed by atoms with van der Waals surface area (Å²) in [6.45, 7) is 5.37. The van der Waals surface area contributed by atoms with E-state index < -0.39 is 11.5 Å². The molecule has 0 saturated heterocycles. The van der Waals surface area contributed by atoms with Crippen LogP contribution in [-0.2, 0) is 4.79 Å². The largest absolute Gasteiger partial charge is 0.481 e. The number of terminal acetylenes is 1. The van der Waals surface area contributed by atoms with Crippen molar-refractivity contribution in [3.63, 3.8) is 0 Å². The van der Waals surface area contributed by atoms with E-state index in [2.05, 4.69) is 16.6 Å². The fraction of sp³-hybridized carbons (Fsp3) is 0.667. The van der Waals surface area contributed by atoms with Crippen molar-refractivity contribution in [1.29, 1.82) is 0 Å². The van der Waals surface area contributed by atoms with Gasteiger partial charge in [0.25, 0.3) is 0 Å². The van der Waals surface area contributed by atoms with Gasteiger partial charge < -0.3 is 15.7 Å². The van der Waals surface area contributed by atoms with Crippen molar-refractivity contribution in [1.82, 2.24) is 10.6 Å². The van der Waals surface area contributed by atoms with Gasteiger partial charge in [-0.05, 0) is 27.2 Å². The number of carboxylic acid groups (broad SMARTS) is 1. The first-order valence-electron chi connectivity index (χ1n) is 5.51. The fourth-order valence-corrected chi connectivity index (χ4v) is 1.28. The summed E-state index contributed by atoms with van der Waals surface area (Å²) in [5.41, 5.74) is -0.557. The zero-order valence-corrected chi connectivity index (χ0v) is 10.5. The molecule has 3 N–H and O–H groups in total. The minimum atomic E-state index is -0.874. The molecule has 0 radical (unpaired) electrons. The van der Waals surface area contributed by atoms with E-state index >= 15 is 0 Å². The number of carboxylic acids is 1. The molecule has 0 aliphatic rings. The lowest BCUT2D eigenvalue weighted by Gasteiger charge is -2.26. The monoisotopic (exact) mass is 240 g/mol. The number of hydrogen-bond acceptors (Lipinski definition) is 2. The molecule has 1 atom stereocenters. The van der Waals surface area contributed by atoms with Crippen molar-refractivity contribution in [2.75, 3.05) is 0 Å². The molecule has 1 unspecified atom stereocenters. The number of urea groups is 1. The van der Waals surface area contributed by atoms with Gasteiger partial charge in [0.05, 0.1) is 0 Å². The Bertz CT molecular complexity index is 318. The maximum absolute atomic E-state index is 11.6. The van der Waals surface area contributed by atoms with Crippen LogP contribution in [0, 0.1) is 12.3 Å². The highest BCUT2D eigenvalue weighted by Crippen LogP contribution is 2.10. The molecule has 0 aliphatic heterocycles. The lowest BCUT2D eigenvalue weighted by Crippen LogP contribution is -2.50. The average molecular weight is 240 g/mol. The van der Waals surface area contributed by atoms with Crippen LogP contribution in [0.2, 0.25) is 0 Å². The average Bonchev–Trinajstić information content (AvgIpc) is 2.14. The molecule has 0 fully saturated rings. The van der Waals surface area contributed by atoms with E-state index in [1.54, 1.807) is 13.8 Å². The van der Waals surface area contributed by atoms with Crippen LogP contribution in [0.3, 0.4) is 0 Å². The maximum atomic E-state index is 11.6. The van der Waals surface area contributed by atoms with Crippen LogP contribution in [-0.4, -0.2) is 28.7 Å². The summed E-state index contributed by atoms with van der Waals surface area (Å²) in [6, 6.07) is -0.432. The minimum Gasteiger partial charge on any atom is -0.481 e. The Morgan fingerprint density at radius 1 is 1.47 bits per heavy atom. The smallest absolute Gasteiger partial charge is 0.315 e. The first kappa shape index (κ1) is 15.3. The SMILES string of the molecule is C#CCC(C)NC(=O)NC(C)(C)CCC(=O)O. The molecule has 0 aromatic rings. The summed E-state index contributed by atoms with van der Waals surface area (Å²) < 4.78 is 0. The van der Waals surface area contributed by atoms with Crippen LogP contribution < -0.4 is 10.6 Å². The van der Waals surface area contributed by atoms with Crippen molar-refractivity contribution in [3.05, 3.63) is 0 Å². The summed E-state index contributed by atoms with van der Waals surface area (Å²) in [7, 11) is 0. The molecule has 0 aromatic heterocycles. The van der Waals surface area contributed by atoms with Gasteiger partial charge in [0.15, 0.2) is 0 Å². The van der Waals surface area contributed by atoms with Gasteiger partial charge in [0.2, 0.25) is 0 Å². The van der Waals surface area contributed by atoms with Crippen molar-refractivity contribution in [2.45, 2.75) is 51.6 Å². The van der Waals surface area contributed by atoms with Crippen molar-refractivity contribution >= 4 is 12.0 Å². The van der Waals surface area contributed by atoms with Crippen LogP contribution in [0.5, 0.6) is 0 Å². The van der Waals surface area contributed by atoms with Crippen molar-refractivity contribution in [2.24, 2.45) is 0 Å². The van der Waals surface area contributed by atoms with Gasteiger partial charge >= 0.3 is 12.0 Å². The summed E-state index contributed by atoms with van der Waals surface area (Å²) in [5, 5.41) is 14.0. The lowest BCUT2D eigenvalue weighted by molar-refractivity contribution is -0.137. The zero-order valence-electron chi connectivity index (χ0n) is 10.5. The Morgan fingerprint density at radius 2 is 2.06 bits per heavy atom. The van der Waals surface area contributed by atoms with Gasteiger partial charge in [0, 0.05) is 24.4 Å². The van der Waals surface area contributed by atoms with Crippen molar-refractivity contribution in [3.8, 4) is 12.3 Å². The predicted molar refractivity (Wildman–Crippen MR) is 65.5 cm³/mol. The van der Waals surface area contributed by atoms with Gasteiger partial charge in [-0.3, -0.25) is 4.79 Å². The Balaban J connectivity index is 4.09. The highest BCUT2D eigenvalue weighted by atomic mass is 16.4. The number of amides is 2.